The van der Waals surface area contributed by atoms with Gasteiger partial charge in [0.1, 0.15) is 5.82 Å². The molecule has 0 spiro atoms. The minimum Gasteiger partial charge on any atom is -0.396 e. The summed E-state index contributed by atoms with van der Waals surface area (Å²) in [5.41, 5.74) is 1.23. The van der Waals surface area contributed by atoms with Crippen LogP contribution in [0.15, 0.2) is 18.3 Å². The second-order valence-corrected chi connectivity index (χ2v) is 7.23. The maximum absolute atomic E-state index is 9.77. The monoisotopic (exact) mass is 319 g/mol. The first-order valence-corrected chi connectivity index (χ1v) is 8.81. The fourth-order valence-corrected chi connectivity index (χ4v) is 3.92. The summed E-state index contributed by atoms with van der Waals surface area (Å²) in [6, 6.07) is 4.15. The number of likely N-dealkylation sites (tertiary alicyclic amines) is 1. The first-order valence-electron chi connectivity index (χ1n) is 8.81. The van der Waals surface area contributed by atoms with Crippen LogP contribution in [0, 0.1) is 24.7 Å². The van der Waals surface area contributed by atoms with Crippen LogP contribution in [-0.2, 0) is 0 Å². The van der Waals surface area contributed by atoms with E-state index in [0.29, 0.717) is 24.4 Å². The smallest absolute Gasteiger partial charge is 0.128 e. The molecule has 2 atom stereocenters. The van der Waals surface area contributed by atoms with Gasteiger partial charge in [-0.25, -0.2) is 4.98 Å². The predicted molar refractivity (Wildman–Crippen MR) is 91.5 cm³/mol. The highest BCUT2D eigenvalue weighted by molar-refractivity contribution is 5.42. The Morgan fingerprint density at radius 3 is 2.52 bits per heavy atom. The molecule has 2 saturated heterocycles. The van der Waals surface area contributed by atoms with E-state index in [1.54, 1.807) is 0 Å². The number of aromatic nitrogens is 1. The van der Waals surface area contributed by atoms with Gasteiger partial charge >= 0.3 is 0 Å². The molecule has 3 heterocycles. The standard InChI is InChI=1S/C18H29N3O2/c1-14-2-5-19-18(8-14)21-10-16(17(11-21)13-23)9-20-6-3-15(12-22)4-7-20/h2,5,8,15-17,22-23H,3-4,6-7,9-13H2,1H3/t16-,17-/m1/s1. The van der Waals surface area contributed by atoms with Crippen molar-refractivity contribution >= 4 is 5.82 Å². The van der Waals surface area contributed by atoms with Crippen LogP contribution in [0.5, 0.6) is 0 Å². The molecule has 1 aromatic rings. The summed E-state index contributed by atoms with van der Waals surface area (Å²) in [5, 5.41) is 19.0. The molecule has 0 bridgehead atoms. The quantitative estimate of drug-likeness (QED) is 0.852. The fraction of sp³-hybridized carbons (Fsp3) is 0.722. The van der Waals surface area contributed by atoms with E-state index in [4.69, 9.17) is 0 Å². The molecule has 128 valence electrons. The van der Waals surface area contributed by atoms with Crippen LogP contribution in [-0.4, -0.2) is 66.0 Å². The zero-order valence-corrected chi connectivity index (χ0v) is 14.1. The minimum atomic E-state index is 0.250. The molecule has 0 saturated carbocycles. The van der Waals surface area contributed by atoms with Crippen molar-refractivity contribution in [2.24, 2.45) is 17.8 Å². The topological polar surface area (TPSA) is 59.8 Å². The molecule has 23 heavy (non-hydrogen) atoms. The third kappa shape index (κ3) is 4.03. The Labute approximate surface area is 138 Å². The number of pyridine rings is 1. The highest BCUT2D eigenvalue weighted by Gasteiger charge is 2.34. The molecular weight excluding hydrogens is 290 g/mol. The van der Waals surface area contributed by atoms with E-state index < -0.39 is 0 Å². The van der Waals surface area contributed by atoms with Gasteiger partial charge in [0.15, 0.2) is 0 Å². The number of aliphatic hydroxyl groups excluding tert-OH is 2. The zero-order chi connectivity index (χ0) is 16.2. The first kappa shape index (κ1) is 16.7. The zero-order valence-electron chi connectivity index (χ0n) is 14.1. The Kier molecular flexibility index (Phi) is 5.51. The van der Waals surface area contributed by atoms with Crippen molar-refractivity contribution in [3.63, 3.8) is 0 Å². The van der Waals surface area contributed by atoms with Gasteiger partial charge in [-0.15, -0.1) is 0 Å². The Hall–Kier alpha value is -1.17. The van der Waals surface area contributed by atoms with Crippen LogP contribution in [0.1, 0.15) is 18.4 Å². The molecule has 2 aliphatic heterocycles. The molecule has 5 heteroatoms. The minimum absolute atomic E-state index is 0.250. The molecule has 0 aromatic carbocycles. The van der Waals surface area contributed by atoms with E-state index in [-0.39, 0.29) is 6.61 Å². The van der Waals surface area contributed by atoms with Crippen molar-refractivity contribution in [1.29, 1.82) is 0 Å². The molecule has 0 unspecified atom stereocenters. The third-order valence-electron chi connectivity index (χ3n) is 5.49. The maximum Gasteiger partial charge on any atom is 0.128 e. The number of anilines is 1. The first-order chi connectivity index (χ1) is 11.2. The largest absolute Gasteiger partial charge is 0.396 e. The summed E-state index contributed by atoms with van der Waals surface area (Å²) < 4.78 is 0. The van der Waals surface area contributed by atoms with Gasteiger partial charge in [0.05, 0.1) is 0 Å². The lowest BCUT2D eigenvalue weighted by molar-refractivity contribution is 0.106. The number of piperidine rings is 1. The number of aryl methyl sites for hydroxylation is 1. The summed E-state index contributed by atoms with van der Waals surface area (Å²) in [7, 11) is 0. The molecule has 1 aromatic heterocycles. The lowest BCUT2D eigenvalue weighted by atomic mass is 9.93. The molecule has 3 rings (SSSR count). The summed E-state index contributed by atoms with van der Waals surface area (Å²) in [6.07, 6.45) is 4.05. The van der Waals surface area contributed by atoms with Crippen molar-refractivity contribution in [2.45, 2.75) is 19.8 Å². The fourth-order valence-electron chi connectivity index (χ4n) is 3.92. The summed E-state index contributed by atoms with van der Waals surface area (Å²) >= 11 is 0. The number of nitrogens with zero attached hydrogens (tertiary/aromatic N) is 3. The van der Waals surface area contributed by atoms with Crippen molar-refractivity contribution in [2.75, 3.05) is 50.8 Å². The lowest BCUT2D eigenvalue weighted by Gasteiger charge is -2.33. The lowest BCUT2D eigenvalue weighted by Crippen LogP contribution is -2.40. The van der Waals surface area contributed by atoms with Gasteiger partial charge in [0, 0.05) is 45.0 Å². The van der Waals surface area contributed by atoms with Gasteiger partial charge in [-0.2, -0.15) is 0 Å². The van der Waals surface area contributed by atoms with Gasteiger partial charge in [-0.3, -0.25) is 0 Å². The van der Waals surface area contributed by atoms with E-state index in [0.717, 1.165) is 51.4 Å². The van der Waals surface area contributed by atoms with Crippen molar-refractivity contribution in [1.82, 2.24) is 9.88 Å². The Bertz CT molecular complexity index is 503. The van der Waals surface area contributed by atoms with Crippen LogP contribution in [0.25, 0.3) is 0 Å². The van der Waals surface area contributed by atoms with E-state index >= 15 is 0 Å². The van der Waals surface area contributed by atoms with Crippen LogP contribution >= 0.6 is 0 Å². The van der Waals surface area contributed by atoms with Crippen molar-refractivity contribution in [3.05, 3.63) is 23.9 Å². The maximum atomic E-state index is 9.77. The van der Waals surface area contributed by atoms with Crippen LogP contribution in [0.4, 0.5) is 5.82 Å². The second kappa shape index (κ2) is 7.60. The van der Waals surface area contributed by atoms with Crippen molar-refractivity contribution in [3.8, 4) is 0 Å². The van der Waals surface area contributed by atoms with E-state index in [2.05, 4.69) is 27.8 Å². The van der Waals surface area contributed by atoms with Crippen LogP contribution in [0.3, 0.4) is 0 Å². The highest BCUT2D eigenvalue weighted by atomic mass is 16.3. The van der Waals surface area contributed by atoms with E-state index in [1.165, 1.54) is 5.56 Å². The Morgan fingerprint density at radius 2 is 1.87 bits per heavy atom. The van der Waals surface area contributed by atoms with Gasteiger partial charge < -0.3 is 20.0 Å². The summed E-state index contributed by atoms with van der Waals surface area (Å²) in [6.45, 7) is 7.72. The Balaban J connectivity index is 1.59. The average Bonchev–Trinajstić information content (AvgIpc) is 2.98. The van der Waals surface area contributed by atoms with Gasteiger partial charge in [-0.05, 0) is 62.4 Å². The predicted octanol–water partition coefficient (Wildman–Crippen LogP) is 1.14. The molecule has 0 aliphatic carbocycles. The number of rotatable bonds is 5. The van der Waals surface area contributed by atoms with E-state index in [9.17, 15) is 10.2 Å². The van der Waals surface area contributed by atoms with Gasteiger partial charge in [0.2, 0.25) is 0 Å². The average molecular weight is 319 g/mol. The molecule has 0 amide bonds. The number of hydrogen-bond donors (Lipinski definition) is 2. The second-order valence-electron chi connectivity index (χ2n) is 7.23. The normalized spacial score (nSPS) is 26.8. The van der Waals surface area contributed by atoms with Gasteiger partial charge in [-0.1, -0.05) is 0 Å². The highest BCUT2D eigenvalue weighted by Crippen LogP contribution is 2.29. The third-order valence-corrected chi connectivity index (χ3v) is 5.49. The van der Waals surface area contributed by atoms with Crippen LogP contribution < -0.4 is 4.90 Å². The van der Waals surface area contributed by atoms with E-state index in [1.807, 2.05) is 12.3 Å². The SMILES string of the molecule is Cc1ccnc(N2C[C@@H](CN3CCC(CO)CC3)[C@@H](CO)C2)c1. The summed E-state index contributed by atoms with van der Waals surface area (Å²) in [4.78, 5) is 9.32. The molecule has 2 fully saturated rings. The van der Waals surface area contributed by atoms with Gasteiger partial charge in [0.25, 0.3) is 0 Å². The number of aliphatic hydroxyl groups is 2. The molecule has 5 nitrogen and oxygen atoms in total. The van der Waals surface area contributed by atoms with Crippen LogP contribution in [0.2, 0.25) is 0 Å². The molecule has 2 N–H and O–H groups in total. The molecule has 0 radical (unpaired) electrons. The van der Waals surface area contributed by atoms with Crippen molar-refractivity contribution < 1.29 is 10.2 Å². The number of hydrogen-bond acceptors (Lipinski definition) is 5. The Morgan fingerprint density at radius 1 is 1.13 bits per heavy atom. The molecular formula is C18H29N3O2. The summed E-state index contributed by atoms with van der Waals surface area (Å²) in [5.74, 6) is 2.34. The molecule has 2 aliphatic rings.